The first kappa shape index (κ1) is 26.9. The Kier molecular flexibility index (Phi) is 7.23. The predicted octanol–water partition coefficient (Wildman–Crippen LogP) is 5.07. The molecular weight excluding hydrogens is 563 g/mol. The Balaban J connectivity index is 1.11. The molecule has 11 heteroatoms. The molecule has 9 nitrogen and oxygen atoms in total. The minimum Gasteiger partial charge on any atom is -0.481 e. The van der Waals surface area contributed by atoms with Crippen molar-refractivity contribution in [3.05, 3.63) is 58.3 Å². The summed E-state index contributed by atoms with van der Waals surface area (Å²) < 4.78 is 6.21. The summed E-state index contributed by atoms with van der Waals surface area (Å²) in [6.45, 7) is 6.65. The summed E-state index contributed by atoms with van der Waals surface area (Å²) in [6, 6.07) is 9.85. The van der Waals surface area contributed by atoms with Gasteiger partial charge in [-0.2, -0.15) is 0 Å². The maximum Gasteiger partial charge on any atom is 0.307 e. The van der Waals surface area contributed by atoms with Gasteiger partial charge in [0.15, 0.2) is 5.75 Å². The molecule has 3 aliphatic heterocycles. The highest BCUT2D eigenvalue weighted by Crippen LogP contribution is 2.52. The van der Waals surface area contributed by atoms with Gasteiger partial charge < -0.3 is 14.7 Å². The maximum absolute atomic E-state index is 11.5. The molecule has 3 aromatic rings. The van der Waals surface area contributed by atoms with Crippen molar-refractivity contribution in [3.8, 4) is 22.9 Å². The number of hydrogen-bond donors (Lipinski definition) is 1. The van der Waals surface area contributed by atoms with Crippen LogP contribution in [0.2, 0.25) is 10.0 Å². The van der Waals surface area contributed by atoms with E-state index in [0.717, 1.165) is 75.6 Å². The SMILES string of the molecule is O=C(O)[C@@H]1[C@@H]2CCN(Cc3cc(Oc4cnc(N5CCN6CCC5C6)nc4)nc(-c4cc(Cl)cc(Cl)c4)c3)CC[C@@H]21. The van der Waals surface area contributed by atoms with Gasteiger partial charge in [-0.3, -0.25) is 14.6 Å². The van der Waals surface area contributed by atoms with E-state index in [2.05, 4.69) is 24.7 Å². The molecule has 2 bridgehead atoms. The third-order valence-corrected chi connectivity index (χ3v) is 9.48. The van der Waals surface area contributed by atoms with E-state index >= 15 is 0 Å². The van der Waals surface area contributed by atoms with Crippen LogP contribution in [0.4, 0.5) is 5.95 Å². The molecule has 4 aliphatic rings. The van der Waals surface area contributed by atoms with E-state index in [1.165, 1.54) is 0 Å². The quantitative estimate of drug-likeness (QED) is 0.402. The maximum atomic E-state index is 11.5. The number of carboxylic acid groups (broad SMARTS) is 1. The Hall–Kier alpha value is -2.98. The highest BCUT2D eigenvalue weighted by atomic mass is 35.5. The molecule has 5 atom stereocenters. The summed E-state index contributed by atoms with van der Waals surface area (Å²) in [5.41, 5.74) is 2.56. The van der Waals surface area contributed by atoms with E-state index in [1.54, 1.807) is 18.5 Å². The number of anilines is 1. The molecule has 5 heterocycles. The van der Waals surface area contributed by atoms with Crippen molar-refractivity contribution < 1.29 is 14.6 Å². The van der Waals surface area contributed by atoms with Crippen LogP contribution >= 0.6 is 23.2 Å². The normalized spacial score (nSPS) is 27.3. The van der Waals surface area contributed by atoms with Crippen molar-refractivity contribution in [1.82, 2.24) is 24.8 Å². The number of likely N-dealkylation sites (tertiary alicyclic amines) is 1. The zero-order valence-corrected chi connectivity index (χ0v) is 24.1. The monoisotopic (exact) mass is 594 g/mol. The highest BCUT2D eigenvalue weighted by Gasteiger charge is 2.54. The van der Waals surface area contributed by atoms with Crippen molar-refractivity contribution in [2.24, 2.45) is 17.8 Å². The largest absolute Gasteiger partial charge is 0.481 e. The Bertz CT molecular complexity index is 1420. The Morgan fingerprint density at radius 2 is 1.66 bits per heavy atom. The summed E-state index contributed by atoms with van der Waals surface area (Å²) in [5.74, 6) is 1.51. The van der Waals surface area contributed by atoms with Crippen LogP contribution in [0.25, 0.3) is 11.3 Å². The topological polar surface area (TPSA) is 94.9 Å². The number of rotatable bonds is 7. The molecule has 0 amide bonds. The van der Waals surface area contributed by atoms with Gasteiger partial charge in [0.2, 0.25) is 11.8 Å². The second-order valence-electron chi connectivity index (χ2n) is 11.7. The Morgan fingerprint density at radius 3 is 2.37 bits per heavy atom. The minimum atomic E-state index is -0.646. The van der Waals surface area contributed by atoms with Crippen molar-refractivity contribution >= 4 is 35.1 Å². The fourth-order valence-electron chi connectivity index (χ4n) is 6.94. The first-order valence-electron chi connectivity index (χ1n) is 14.3. The van der Waals surface area contributed by atoms with Gasteiger partial charge in [0, 0.05) is 60.4 Å². The third-order valence-electron chi connectivity index (χ3n) is 9.04. The number of ether oxygens (including phenoxy) is 1. The average Bonchev–Trinajstić information content (AvgIpc) is 3.59. The van der Waals surface area contributed by atoms with Crippen molar-refractivity contribution in [2.45, 2.75) is 31.8 Å². The van der Waals surface area contributed by atoms with Crippen LogP contribution in [0.1, 0.15) is 24.8 Å². The lowest BCUT2D eigenvalue weighted by molar-refractivity contribution is -0.139. The van der Waals surface area contributed by atoms with E-state index in [0.29, 0.717) is 51.8 Å². The lowest BCUT2D eigenvalue weighted by Crippen LogP contribution is -2.47. The second kappa shape index (κ2) is 11.0. The summed E-state index contributed by atoms with van der Waals surface area (Å²) in [7, 11) is 0. The van der Waals surface area contributed by atoms with E-state index in [9.17, 15) is 9.90 Å². The summed E-state index contributed by atoms with van der Waals surface area (Å²) in [5, 5.41) is 10.5. The first-order chi connectivity index (χ1) is 19.9. The Morgan fingerprint density at radius 1 is 0.927 bits per heavy atom. The molecule has 2 aromatic heterocycles. The number of nitrogens with zero attached hydrogens (tertiary/aromatic N) is 6. The molecular formula is C30H32Cl2N6O3. The standard InChI is InChI=1S/C30H32Cl2N6O3/c31-20-11-19(12-21(32)13-20)26-9-18(16-36-5-2-24-25(3-6-36)28(24)29(39)40)10-27(35-26)41-23-14-33-30(34-15-23)38-8-7-37-4-1-22(38)17-37/h9-15,22,24-25,28H,1-8,16-17H2,(H,39,40)/t22?,24-,25+,28-. The zero-order chi connectivity index (χ0) is 28.1. The van der Waals surface area contributed by atoms with Crippen LogP contribution in [0, 0.1) is 17.8 Å². The molecule has 4 fully saturated rings. The van der Waals surface area contributed by atoms with Gasteiger partial charge in [0.25, 0.3) is 0 Å². The fraction of sp³-hybridized carbons (Fsp3) is 0.467. The number of aliphatic carboxylic acids is 1. The molecule has 2 unspecified atom stereocenters. The average molecular weight is 596 g/mol. The number of carboxylic acids is 1. The number of halogens is 2. The Labute approximate surface area is 249 Å². The van der Waals surface area contributed by atoms with Crippen LogP contribution in [0.5, 0.6) is 11.6 Å². The molecule has 1 aromatic carbocycles. The lowest BCUT2D eigenvalue weighted by Gasteiger charge is -2.34. The summed E-state index contributed by atoms with van der Waals surface area (Å²) in [4.78, 5) is 32.7. The molecule has 41 heavy (non-hydrogen) atoms. The number of hydrogen-bond acceptors (Lipinski definition) is 8. The highest BCUT2D eigenvalue weighted by molar-refractivity contribution is 6.35. The van der Waals surface area contributed by atoms with Gasteiger partial charge in [-0.05, 0) is 74.0 Å². The van der Waals surface area contributed by atoms with Crippen LogP contribution in [-0.4, -0.2) is 81.1 Å². The zero-order valence-electron chi connectivity index (χ0n) is 22.6. The molecule has 7 rings (SSSR count). The fourth-order valence-corrected chi connectivity index (χ4v) is 7.46. The van der Waals surface area contributed by atoms with E-state index in [4.69, 9.17) is 32.9 Å². The smallest absolute Gasteiger partial charge is 0.307 e. The van der Waals surface area contributed by atoms with Crippen LogP contribution in [0.3, 0.4) is 0 Å². The third kappa shape index (κ3) is 5.73. The number of aromatic nitrogens is 3. The number of piperazine rings is 1. The van der Waals surface area contributed by atoms with Crippen LogP contribution in [-0.2, 0) is 11.3 Å². The number of benzene rings is 1. The molecule has 0 radical (unpaired) electrons. The number of carbonyl (C=O) groups is 1. The number of fused-ring (bicyclic) bond motifs is 3. The van der Waals surface area contributed by atoms with E-state index < -0.39 is 5.97 Å². The lowest BCUT2D eigenvalue weighted by atomic mass is 10.1. The second-order valence-corrected chi connectivity index (χ2v) is 12.5. The van der Waals surface area contributed by atoms with Gasteiger partial charge >= 0.3 is 5.97 Å². The molecule has 3 saturated heterocycles. The molecule has 1 saturated carbocycles. The van der Waals surface area contributed by atoms with Gasteiger partial charge in [0.1, 0.15) is 0 Å². The van der Waals surface area contributed by atoms with Crippen LogP contribution in [0.15, 0.2) is 42.7 Å². The van der Waals surface area contributed by atoms with E-state index in [-0.39, 0.29) is 5.92 Å². The summed E-state index contributed by atoms with van der Waals surface area (Å²) in [6.07, 6.45) is 6.40. The van der Waals surface area contributed by atoms with Crippen molar-refractivity contribution in [2.75, 3.05) is 44.2 Å². The minimum absolute atomic E-state index is 0.159. The van der Waals surface area contributed by atoms with Crippen molar-refractivity contribution in [1.29, 1.82) is 0 Å². The van der Waals surface area contributed by atoms with Gasteiger partial charge in [0.05, 0.1) is 24.0 Å². The van der Waals surface area contributed by atoms with Gasteiger partial charge in [-0.25, -0.2) is 15.0 Å². The van der Waals surface area contributed by atoms with E-state index in [1.807, 2.05) is 24.3 Å². The van der Waals surface area contributed by atoms with Crippen molar-refractivity contribution in [3.63, 3.8) is 0 Å². The predicted molar refractivity (Wildman–Crippen MR) is 157 cm³/mol. The van der Waals surface area contributed by atoms with Crippen LogP contribution < -0.4 is 9.64 Å². The first-order valence-corrected chi connectivity index (χ1v) is 15.1. The van der Waals surface area contributed by atoms with Gasteiger partial charge in [-0.1, -0.05) is 23.2 Å². The molecule has 214 valence electrons. The molecule has 0 spiro atoms. The molecule has 1 N–H and O–H groups in total. The molecule has 1 aliphatic carbocycles. The van der Waals surface area contributed by atoms with Gasteiger partial charge in [-0.15, -0.1) is 0 Å². The number of pyridine rings is 1. The summed E-state index contributed by atoms with van der Waals surface area (Å²) >= 11 is 12.6.